The van der Waals surface area contributed by atoms with E-state index < -0.39 is 11.6 Å². The van der Waals surface area contributed by atoms with E-state index in [0.29, 0.717) is 41.6 Å². The third-order valence-corrected chi connectivity index (χ3v) is 14.0. The van der Waals surface area contributed by atoms with Gasteiger partial charge in [0, 0.05) is 36.0 Å². The zero-order valence-electron chi connectivity index (χ0n) is 29.2. The molecule has 11 aliphatic rings. The van der Waals surface area contributed by atoms with Crippen LogP contribution in [0.25, 0.3) is 0 Å². The molecule has 268 valence electrons. The monoisotopic (exact) mass is 678 g/mol. The van der Waals surface area contributed by atoms with Gasteiger partial charge in [-0.15, -0.1) is 0 Å². The van der Waals surface area contributed by atoms with E-state index in [1.165, 1.54) is 44.6 Å². The molecular weight excluding hydrogens is 624 g/mol. The predicted molar refractivity (Wildman–Crippen MR) is 179 cm³/mol. The molecule has 11 fully saturated rings. The van der Waals surface area contributed by atoms with Crippen LogP contribution in [0.1, 0.15) is 104 Å². The normalized spacial score (nSPS) is 46.4. The summed E-state index contributed by atoms with van der Waals surface area (Å²) in [5.74, 6) is 3.75. The van der Waals surface area contributed by atoms with Crippen molar-refractivity contribution in [2.24, 2.45) is 53.3 Å². The van der Waals surface area contributed by atoms with E-state index in [-0.39, 0.29) is 53.2 Å². The van der Waals surface area contributed by atoms with Crippen molar-refractivity contribution in [3.8, 4) is 0 Å². The molecule has 1 saturated heterocycles. The first kappa shape index (κ1) is 34.5. The number of aliphatic hydroxyl groups is 1. The molecule has 49 heavy (non-hydrogen) atoms. The smallest absolute Gasteiger partial charge is 0.333 e. The molecule has 11 rings (SSSR count). The van der Waals surface area contributed by atoms with Crippen molar-refractivity contribution in [1.29, 1.82) is 0 Å². The lowest BCUT2D eigenvalue weighted by atomic mass is 9.49. The highest BCUT2D eigenvalue weighted by molar-refractivity contribution is 5.87. The van der Waals surface area contributed by atoms with E-state index in [2.05, 4.69) is 26.7 Å². The van der Waals surface area contributed by atoms with Gasteiger partial charge in [0.15, 0.2) is 0 Å². The van der Waals surface area contributed by atoms with Crippen LogP contribution in [0.15, 0.2) is 37.5 Å². The number of ether oxygens (including phenoxy) is 4. The Morgan fingerprint density at radius 2 is 1.45 bits per heavy atom. The molecule has 10 saturated carbocycles. The van der Waals surface area contributed by atoms with Crippen molar-refractivity contribution < 1.29 is 43.2 Å². The summed E-state index contributed by atoms with van der Waals surface area (Å²) in [7, 11) is 0. The highest BCUT2D eigenvalue weighted by atomic mass is 16.6. The Bertz CT molecular complexity index is 1370. The standard InChI is InChI=1S/C16H24O2.C13H18O3.C11H12O4/c1-4-16(18-15(17)10(2)3)13-6-11-5-12(8-13)9-14(16)7-11;1-2-11(14)16-13-6-9-3-10(7-13)5-12(15,4-9)8-13;1-2-8(12)14-9-5-3-6-7(4-5)11(13)15-10(6)9/h11-14H,2,4-9H2,1,3H3;2,9-10,15H,1,3-8H2;2,5-7,9-10H,1,3-4H2. The molecule has 1 aliphatic heterocycles. The summed E-state index contributed by atoms with van der Waals surface area (Å²) in [6, 6.07) is 0. The predicted octanol–water partition coefficient (Wildman–Crippen LogP) is 6.18. The Labute approximate surface area is 290 Å². The van der Waals surface area contributed by atoms with Gasteiger partial charge in [0.25, 0.3) is 0 Å². The molecular formula is C40H54O9. The second kappa shape index (κ2) is 12.7. The van der Waals surface area contributed by atoms with Gasteiger partial charge in [0.2, 0.25) is 0 Å². The fraction of sp³-hybridized carbons (Fsp3) is 0.750. The van der Waals surface area contributed by atoms with Crippen LogP contribution in [0.2, 0.25) is 0 Å². The second-order valence-corrected chi connectivity index (χ2v) is 17.3. The average molecular weight is 679 g/mol. The van der Waals surface area contributed by atoms with Crippen LogP contribution in [-0.4, -0.2) is 58.0 Å². The summed E-state index contributed by atoms with van der Waals surface area (Å²) in [5, 5.41) is 10.4. The van der Waals surface area contributed by atoms with Gasteiger partial charge in [-0.05, 0) is 126 Å². The van der Waals surface area contributed by atoms with E-state index in [1.54, 1.807) is 6.92 Å². The summed E-state index contributed by atoms with van der Waals surface area (Å²) in [4.78, 5) is 45.9. The number of esters is 4. The van der Waals surface area contributed by atoms with Crippen molar-refractivity contribution in [3.63, 3.8) is 0 Å². The number of carbonyl (C=O) groups excluding carboxylic acids is 4. The molecule has 9 nitrogen and oxygen atoms in total. The number of carbonyl (C=O) groups is 4. The van der Waals surface area contributed by atoms with Gasteiger partial charge in [0.05, 0.1) is 11.5 Å². The van der Waals surface area contributed by atoms with Gasteiger partial charge >= 0.3 is 23.9 Å². The zero-order chi connectivity index (χ0) is 34.9. The van der Waals surface area contributed by atoms with Crippen molar-refractivity contribution >= 4 is 23.9 Å². The first-order valence-corrected chi connectivity index (χ1v) is 18.8. The van der Waals surface area contributed by atoms with Gasteiger partial charge in [-0.3, -0.25) is 4.79 Å². The Morgan fingerprint density at radius 1 is 0.857 bits per heavy atom. The van der Waals surface area contributed by atoms with Crippen molar-refractivity contribution in [2.45, 2.75) is 133 Å². The number of hydrogen-bond donors (Lipinski definition) is 1. The van der Waals surface area contributed by atoms with Gasteiger partial charge in [-0.25, -0.2) is 14.4 Å². The molecule has 0 aromatic rings. The molecule has 0 aromatic heterocycles. The highest BCUT2D eigenvalue weighted by Crippen LogP contribution is 2.61. The molecule has 10 bridgehead atoms. The van der Waals surface area contributed by atoms with Crippen molar-refractivity contribution in [2.75, 3.05) is 0 Å². The molecule has 10 aliphatic carbocycles. The Balaban J connectivity index is 0.000000116. The van der Waals surface area contributed by atoms with E-state index in [1.807, 2.05) is 0 Å². The minimum Gasteiger partial charge on any atom is -0.458 e. The van der Waals surface area contributed by atoms with E-state index in [0.717, 1.165) is 62.9 Å². The van der Waals surface area contributed by atoms with Crippen LogP contribution >= 0.6 is 0 Å². The largest absolute Gasteiger partial charge is 0.458 e. The Kier molecular flexibility index (Phi) is 8.93. The fourth-order valence-electron chi connectivity index (χ4n) is 12.8. The number of fused-ring (bicyclic) bond motifs is 1. The minimum absolute atomic E-state index is 0.0682. The maximum Gasteiger partial charge on any atom is 0.333 e. The molecule has 0 spiro atoms. The topological polar surface area (TPSA) is 125 Å². The maximum atomic E-state index is 12.0. The molecule has 7 unspecified atom stereocenters. The average Bonchev–Trinajstić information content (AvgIpc) is 3.67. The van der Waals surface area contributed by atoms with E-state index >= 15 is 0 Å². The van der Waals surface area contributed by atoms with Gasteiger partial charge in [-0.1, -0.05) is 26.7 Å². The summed E-state index contributed by atoms with van der Waals surface area (Å²) in [6.07, 6.45) is 16.8. The molecule has 0 radical (unpaired) electrons. The summed E-state index contributed by atoms with van der Waals surface area (Å²) < 4.78 is 22.0. The Morgan fingerprint density at radius 3 is 1.98 bits per heavy atom. The lowest BCUT2D eigenvalue weighted by molar-refractivity contribution is -0.216. The zero-order valence-corrected chi connectivity index (χ0v) is 29.2. The quantitative estimate of drug-likeness (QED) is 0.191. The van der Waals surface area contributed by atoms with Crippen molar-refractivity contribution in [1.82, 2.24) is 0 Å². The van der Waals surface area contributed by atoms with Crippen LogP contribution in [0, 0.1) is 53.3 Å². The molecule has 1 N–H and O–H groups in total. The van der Waals surface area contributed by atoms with Gasteiger partial charge in [0.1, 0.15) is 23.4 Å². The Hall–Kier alpha value is -2.94. The van der Waals surface area contributed by atoms with Gasteiger partial charge in [-0.2, -0.15) is 0 Å². The van der Waals surface area contributed by atoms with E-state index in [9.17, 15) is 24.3 Å². The SMILES string of the molecule is C=C(C)C(=O)OC1(CC)C2CC3CC(C2)CC1C3.C=CC(=O)OC12CC3CC(CC(O)(C3)C1)C2.C=CC(=O)OC1C2CC3C(=O)OC1C3C2. The molecule has 1 heterocycles. The summed E-state index contributed by atoms with van der Waals surface area (Å²) >= 11 is 0. The molecule has 0 aromatic carbocycles. The second-order valence-electron chi connectivity index (χ2n) is 17.3. The summed E-state index contributed by atoms with van der Waals surface area (Å²) in [5.41, 5.74) is -0.573. The molecule has 7 atom stereocenters. The lowest BCUT2D eigenvalue weighted by Gasteiger charge is -2.60. The summed E-state index contributed by atoms with van der Waals surface area (Å²) in [6.45, 7) is 14.5. The van der Waals surface area contributed by atoms with Crippen LogP contribution in [0.5, 0.6) is 0 Å². The van der Waals surface area contributed by atoms with Crippen LogP contribution in [-0.2, 0) is 38.1 Å². The number of hydrogen-bond acceptors (Lipinski definition) is 9. The van der Waals surface area contributed by atoms with Crippen LogP contribution in [0.4, 0.5) is 0 Å². The van der Waals surface area contributed by atoms with Gasteiger partial charge < -0.3 is 24.1 Å². The minimum atomic E-state index is -0.564. The third-order valence-electron chi connectivity index (χ3n) is 14.0. The third kappa shape index (κ3) is 6.20. The molecule has 0 amide bonds. The van der Waals surface area contributed by atoms with Crippen LogP contribution in [0.3, 0.4) is 0 Å². The maximum absolute atomic E-state index is 12.0. The molecule has 9 heteroatoms. The van der Waals surface area contributed by atoms with E-state index in [4.69, 9.17) is 18.9 Å². The lowest BCUT2D eigenvalue weighted by Crippen LogP contribution is -2.60. The fourth-order valence-corrected chi connectivity index (χ4v) is 12.8. The highest BCUT2D eigenvalue weighted by Gasteiger charge is 2.63. The number of rotatable bonds is 7. The first-order valence-electron chi connectivity index (χ1n) is 18.8. The van der Waals surface area contributed by atoms with Crippen molar-refractivity contribution in [3.05, 3.63) is 37.5 Å². The van der Waals surface area contributed by atoms with Crippen LogP contribution < -0.4 is 0 Å². The first-order chi connectivity index (χ1) is 23.3.